The Bertz CT molecular complexity index is 1380. The van der Waals surface area contributed by atoms with Gasteiger partial charge in [0.05, 0.1) is 18.1 Å². The third-order valence-electron chi connectivity index (χ3n) is 5.98. The largest absolute Gasteiger partial charge is 0.481 e. The fraction of sp³-hybridized carbons (Fsp3) is 0.231. The molecular formula is C26H25N5O3. The Labute approximate surface area is 197 Å². The summed E-state index contributed by atoms with van der Waals surface area (Å²) >= 11 is 0. The Balaban J connectivity index is 1.64. The average Bonchev–Trinajstić information content (AvgIpc) is 3.22. The van der Waals surface area contributed by atoms with Crippen molar-refractivity contribution in [3.05, 3.63) is 71.9 Å². The molecule has 0 saturated heterocycles. The zero-order chi connectivity index (χ0) is 23.5. The summed E-state index contributed by atoms with van der Waals surface area (Å²) in [5, 5.41) is 5.91. The van der Waals surface area contributed by atoms with Crippen molar-refractivity contribution in [3.63, 3.8) is 0 Å². The van der Waals surface area contributed by atoms with Crippen LogP contribution < -0.4 is 15.4 Å². The molecule has 4 aromatic rings. The quantitative estimate of drug-likeness (QED) is 0.470. The first-order valence-corrected chi connectivity index (χ1v) is 11.3. The Morgan fingerprint density at radius 1 is 0.912 bits per heavy atom. The molecule has 0 fully saturated rings. The van der Waals surface area contributed by atoms with Gasteiger partial charge in [-0.1, -0.05) is 18.2 Å². The van der Waals surface area contributed by atoms with Gasteiger partial charge in [0, 0.05) is 41.5 Å². The van der Waals surface area contributed by atoms with Crippen LogP contribution in [0.15, 0.2) is 60.8 Å². The SMILES string of the molecule is COc1ncccc1-c1cccc2nc3n(c12)CCCCCNC(=O)c1cccc(c1)C(=O)N3. The van der Waals surface area contributed by atoms with Gasteiger partial charge >= 0.3 is 0 Å². The van der Waals surface area contributed by atoms with Crippen molar-refractivity contribution >= 4 is 28.8 Å². The number of anilines is 1. The molecule has 2 aromatic heterocycles. The van der Waals surface area contributed by atoms with Gasteiger partial charge in [-0.3, -0.25) is 14.9 Å². The van der Waals surface area contributed by atoms with Gasteiger partial charge in [-0.05, 0) is 55.7 Å². The van der Waals surface area contributed by atoms with Crippen LogP contribution in [0.1, 0.15) is 40.0 Å². The minimum atomic E-state index is -0.316. The second-order valence-electron chi connectivity index (χ2n) is 8.17. The van der Waals surface area contributed by atoms with Gasteiger partial charge in [-0.25, -0.2) is 9.97 Å². The van der Waals surface area contributed by atoms with E-state index >= 15 is 0 Å². The van der Waals surface area contributed by atoms with Crippen molar-refractivity contribution in [2.24, 2.45) is 0 Å². The van der Waals surface area contributed by atoms with Gasteiger partial charge in [0.1, 0.15) is 0 Å². The van der Waals surface area contributed by atoms with Gasteiger partial charge in [-0.15, -0.1) is 0 Å². The highest BCUT2D eigenvalue weighted by Gasteiger charge is 2.20. The second-order valence-corrected chi connectivity index (χ2v) is 8.17. The monoisotopic (exact) mass is 455 g/mol. The number of rotatable bonds is 2. The third-order valence-corrected chi connectivity index (χ3v) is 5.98. The number of aromatic nitrogens is 3. The molecule has 2 bridgehead atoms. The molecule has 0 saturated carbocycles. The van der Waals surface area contributed by atoms with Crippen LogP contribution >= 0.6 is 0 Å². The van der Waals surface area contributed by atoms with E-state index in [2.05, 4.69) is 20.2 Å². The van der Waals surface area contributed by atoms with Gasteiger partial charge in [0.25, 0.3) is 11.8 Å². The number of aryl methyl sites for hydroxylation is 1. The first-order valence-electron chi connectivity index (χ1n) is 11.3. The summed E-state index contributed by atoms with van der Waals surface area (Å²) in [5.74, 6) is 0.517. The van der Waals surface area contributed by atoms with Crippen molar-refractivity contribution in [2.75, 3.05) is 19.0 Å². The second kappa shape index (κ2) is 9.35. The molecule has 172 valence electrons. The van der Waals surface area contributed by atoms with Gasteiger partial charge < -0.3 is 14.6 Å². The number of para-hydroxylation sites is 1. The predicted molar refractivity (Wildman–Crippen MR) is 130 cm³/mol. The molecule has 0 radical (unpaired) electrons. The molecule has 0 aliphatic carbocycles. The number of nitrogens with one attached hydrogen (secondary N) is 2. The van der Waals surface area contributed by atoms with Gasteiger partial charge in [0.2, 0.25) is 11.8 Å². The number of hydrogen-bond donors (Lipinski definition) is 2. The number of pyridine rings is 1. The summed E-state index contributed by atoms with van der Waals surface area (Å²) in [6, 6.07) is 16.5. The Morgan fingerprint density at radius 2 is 1.71 bits per heavy atom. The fourth-order valence-corrected chi connectivity index (χ4v) is 4.33. The van der Waals surface area contributed by atoms with Crippen LogP contribution in [0.4, 0.5) is 5.95 Å². The van der Waals surface area contributed by atoms with E-state index in [1.807, 2.05) is 30.3 Å². The van der Waals surface area contributed by atoms with Crippen molar-refractivity contribution in [3.8, 4) is 17.0 Å². The number of hydrogen-bond acceptors (Lipinski definition) is 5. The summed E-state index contributed by atoms with van der Waals surface area (Å²) < 4.78 is 7.57. The normalized spacial score (nSPS) is 14.6. The minimum Gasteiger partial charge on any atom is -0.481 e. The number of carbonyl (C=O) groups is 2. The summed E-state index contributed by atoms with van der Waals surface area (Å²) in [6.45, 7) is 1.25. The lowest BCUT2D eigenvalue weighted by Gasteiger charge is -2.14. The van der Waals surface area contributed by atoms with E-state index in [0.717, 1.165) is 41.4 Å². The number of carbonyl (C=O) groups excluding carboxylic acids is 2. The number of imidazole rings is 1. The Hall–Kier alpha value is -4.20. The van der Waals surface area contributed by atoms with Crippen LogP contribution in [-0.2, 0) is 6.54 Å². The number of ether oxygens (including phenoxy) is 1. The molecule has 0 spiro atoms. The molecule has 0 unspecified atom stereocenters. The molecule has 2 amide bonds. The van der Waals surface area contributed by atoms with E-state index < -0.39 is 0 Å². The topological polar surface area (TPSA) is 98.1 Å². The highest BCUT2D eigenvalue weighted by Crippen LogP contribution is 2.35. The van der Waals surface area contributed by atoms with E-state index in [0.29, 0.717) is 36.0 Å². The van der Waals surface area contributed by atoms with Crippen molar-refractivity contribution in [1.82, 2.24) is 19.9 Å². The molecule has 34 heavy (non-hydrogen) atoms. The number of fused-ring (bicyclic) bond motifs is 5. The van der Waals surface area contributed by atoms with E-state index in [1.165, 1.54) is 0 Å². The molecular weight excluding hydrogens is 430 g/mol. The highest BCUT2D eigenvalue weighted by atomic mass is 16.5. The first-order chi connectivity index (χ1) is 16.7. The average molecular weight is 456 g/mol. The molecule has 2 N–H and O–H groups in total. The zero-order valence-corrected chi connectivity index (χ0v) is 18.9. The third kappa shape index (κ3) is 4.10. The van der Waals surface area contributed by atoms with Crippen molar-refractivity contribution in [1.29, 1.82) is 0 Å². The fourth-order valence-electron chi connectivity index (χ4n) is 4.33. The predicted octanol–water partition coefficient (Wildman–Crippen LogP) is 4.27. The number of methoxy groups -OCH3 is 1. The maximum absolute atomic E-state index is 13.1. The molecule has 8 nitrogen and oxygen atoms in total. The summed E-state index contributed by atoms with van der Waals surface area (Å²) in [6.07, 6.45) is 4.35. The lowest BCUT2D eigenvalue weighted by molar-refractivity contribution is 0.0953. The summed E-state index contributed by atoms with van der Waals surface area (Å²) in [4.78, 5) is 34.7. The maximum Gasteiger partial charge on any atom is 0.257 e. The minimum absolute atomic E-state index is 0.172. The maximum atomic E-state index is 13.1. The summed E-state index contributed by atoms with van der Waals surface area (Å²) in [5.41, 5.74) is 4.35. The van der Waals surface area contributed by atoms with Crippen LogP contribution in [0.25, 0.3) is 22.2 Å². The van der Waals surface area contributed by atoms with Crippen molar-refractivity contribution in [2.45, 2.75) is 25.8 Å². The lowest BCUT2D eigenvalue weighted by atomic mass is 10.0. The number of benzene rings is 2. The zero-order valence-electron chi connectivity index (χ0n) is 18.9. The van der Waals surface area contributed by atoms with Crippen LogP contribution in [0.3, 0.4) is 0 Å². The number of nitrogens with zero attached hydrogens (tertiary/aromatic N) is 3. The smallest absolute Gasteiger partial charge is 0.257 e. The molecule has 1 aliphatic heterocycles. The lowest BCUT2D eigenvalue weighted by Crippen LogP contribution is -2.25. The van der Waals surface area contributed by atoms with E-state index in [-0.39, 0.29) is 11.8 Å². The van der Waals surface area contributed by atoms with E-state index in [9.17, 15) is 9.59 Å². The standard InChI is InChI=1S/C26H25N5O3/c1-34-25-20(11-7-14-28-25)19-10-6-12-21-22(19)31-15-4-2-3-13-27-23(32)17-8-5-9-18(16-17)24(33)30-26(31)29-21/h5-12,14,16H,2-4,13,15H2,1H3,(H,27,32)(H,29,30,33). The van der Waals surface area contributed by atoms with Gasteiger partial charge in [-0.2, -0.15) is 0 Å². The molecule has 5 rings (SSSR count). The Kier molecular flexibility index (Phi) is 5.95. The molecule has 2 aromatic carbocycles. The van der Waals surface area contributed by atoms with E-state index in [1.54, 1.807) is 37.6 Å². The van der Waals surface area contributed by atoms with Crippen LogP contribution in [0, 0.1) is 0 Å². The molecule has 1 aliphatic rings. The van der Waals surface area contributed by atoms with Gasteiger partial charge in [0.15, 0.2) is 0 Å². The Morgan fingerprint density at radius 3 is 2.56 bits per heavy atom. The van der Waals surface area contributed by atoms with E-state index in [4.69, 9.17) is 9.72 Å². The first kappa shape index (κ1) is 21.6. The van der Waals surface area contributed by atoms with Crippen LogP contribution in [0.2, 0.25) is 0 Å². The van der Waals surface area contributed by atoms with Crippen molar-refractivity contribution < 1.29 is 14.3 Å². The summed E-state index contributed by atoms with van der Waals surface area (Å²) in [7, 11) is 1.60. The van der Waals surface area contributed by atoms with Crippen LogP contribution in [0.5, 0.6) is 5.88 Å². The molecule has 3 heterocycles. The highest BCUT2D eigenvalue weighted by molar-refractivity contribution is 6.06. The van der Waals surface area contributed by atoms with Crippen LogP contribution in [-0.4, -0.2) is 40.0 Å². The number of amides is 2. The molecule has 0 atom stereocenters. The molecule has 8 heteroatoms.